The third-order valence-corrected chi connectivity index (χ3v) is 2.10. The zero-order chi connectivity index (χ0) is 12.7. The molecule has 17 heavy (non-hydrogen) atoms. The summed E-state index contributed by atoms with van der Waals surface area (Å²) in [5, 5.41) is 11.8. The van der Waals surface area contributed by atoms with Gasteiger partial charge in [0.15, 0.2) is 6.61 Å². The molecular formula is C12H11ClN2O2. The highest BCUT2D eigenvalue weighted by Crippen LogP contribution is 2.22. The summed E-state index contributed by atoms with van der Waals surface area (Å²) in [7, 11) is 0. The Hall–Kier alpha value is -1.99. The van der Waals surface area contributed by atoms with Crippen LogP contribution in [0.25, 0.3) is 0 Å². The van der Waals surface area contributed by atoms with Crippen LogP contribution >= 0.6 is 11.6 Å². The molecule has 0 aliphatic carbocycles. The molecule has 4 nitrogen and oxygen atoms in total. The molecule has 1 N–H and O–H groups in total. The standard InChI is InChI=1S/C12H11ClN2O2/c1-2-5-15-12(16)8-17-11-6-10(13)4-3-9(11)7-14/h2-4,6H,1,5,8H2,(H,15,16). The second-order valence-electron chi connectivity index (χ2n) is 3.13. The first-order valence-electron chi connectivity index (χ1n) is 4.87. The van der Waals surface area contributed by atoms with Crippen molar-refractivity contribution in [2.75, 3.05) is 13.2 Å². The minimum Gasteiger partial charge on any atom is -0.482 e. The molecule has 0 bridgehead atoms. The van der Waals surface area contributed by atoms with Crippen LogP contribution in [0.4, 0.5) is 0 Å². The van der Waals surface area contributed by atoms with Crippen LogP contribution in [0, 0.1) is 11.3 Å². The Morgan fingerprint density at radius 1 is 1.65 bits per heavy atom. The first kappa shape index (κ1) is 13.1. The third-order valence-electron chi connectivity index (χ3n) is 1.87. The lowest BCUT2D eigenvalue weighted by molar-refractivity contribution is -0.122. The van der Waals surface area contributed by atoms with Crippen molar-refractivity contribution in [3.8, 4) is 11.8 Å². The van der Waals surface area contributed by atoms with Crippen LogP contribution < -0.4 is 10.1 Å². The zero-order valence-corrected chi connectivity index (χ0v) is 9.83. The Bertz CT molecular complexity index is 466. The number of nitrogens with zero attached hydrogens (tertiary/aromatic N) is 1. The normalized spacial score (nSPS) is 9.18. The van der Waals surface area contributed by atoms with Crippen LogP contribution in [-0.4, -0.2) is 19.1 Å². The van der Waals surface area contributed by atoms with E-state index in [0.717, 1.165) is 0 Å². The molecule has 0 atom stereocenters. The lowest BCUT2D eigenvalue weighted by Crippen LogP contribution is -2.28. The van der Waals surface area contributed by atoms with Crippen molar-refractivity contribution in [2.45, 2.75) is 0 Å². The predicted molar refractivity (Wildman–Crippen MR) is 64.9 cm³/mol. The SMILES string of the molecule is C=CCNC(=O)COc1cc(Cl)ccc1C#N. The second kappa shape index (κ2) is 6.56. The molecule has 5 heteroatoms. The summed E-state index contributed by atoms with van der Waals surface area (Å²) in [5.74, 6) is 0.0162. The van der Waals surface area contributed by atoms with E-state index in [1.807, 2.05) is 6.07 Å². The molecule has 0 aliphatic heterocycles. The maximum atomic E-state index is 11.3. The van der Waals surface area contributed by atoms with Gasteiger partial charge in [0.1, 0.15) is 11.8 Å². The molecule has 1 aromatic carbocycles. The summed E-state index contributed by atoms with van der Waals surface area (Å²) in [6.07, 6.45) is 1.57. The largest absolute Gasteiger partial charge is 0.482 e. The summed E-state index contributed by atoms with van der Waals surface area (Å²) in [6, 6.07) is 6.59. The van der Waals surface area contributed by atoms with E-state index in [1.54, 1.807) is 18.2 Å². The number of carbonyl (C=O) groups excluding carboxylic acids is 1. The number of hydrogen-bond donors (Lipinski definition) is 1. The molecule has 1 rings (SSSR count). The highest BCUT2D eigenvalue weighted by atomic mass is 35.5. The first-order chi connectivity index (χ1) is 8.17. The van der Waals surface area contributed by atoms with E-state index < -0.39 is 0 Å². The molecule has 1 amide bonds. The molecule has 0 heterocycles. The van der Waals surface area contributed by atoms with Crippen molar-refractivity contribution in [1.82, 2.24) is 5.32 Å². The summed E-state index contributed by atoms with van der Waals surface area (Å²) >= 11 is 5.77. The molecule has 0 aliphatic rings. The monoisotopic (exact) mass is 250 g/mol. The predicted octanol–water partition coefficient (Wildman–Crippen LogP) is 1.89. The number of halogens is 1. The van der Waals surface area contributed by atoms with Gasteiger partial charge in [-0.2, -0.15) is 5.26 Å². The summed E-state index contributed by atoms with van der Waals surface area (Å²) in [4.78, 5) is 11.3. The summed E-state index contributed by atoms with van der Waals surface area (Å²) in [5.41, 5.74) is 0.339. The minimum atomic E-state index is -0.284. The van der Waals surface area contributed by atoms with Gasteiger partial charge in [0.2, 0.25) is 0 Å². The van der Waals surface area contributed by atoms with Crippen LogP contribution in [0.1, 0.15) is 5.56 Å². The molecule has 0 fully saturated rings. The quantitative estimate of drug-likeness (QED) is 0.812. The van der Waals surface area contributed by atoms with Crippen molar-refractivity contribution < 1.29 is 9.53 Å². The zero-order valence-electron chi connectivity index (χ0n) is 9.07. The van der Waals surface area contributed by atoms with Crippen molar-refractivity contribution in [2.24, 2.45) is 0 Å². The highest BCUT2D eigenvalue weighted by molar-refractivity contribution is 6.30. The summed E-state index contributed by atoms with van der Waals surface area (Å²) < 4.78 is 5.21. The molecule has 0 aromatic heterocycles. The van der Waals surface area contributed by atoms with Gasteiger partial charge in [0.25, 0.3) is 5.91 Å². The number of amides is 1. The van der Waals surface area contributed by atoms with E-state index in [2.05, 4.69) is 11.9 Å². The molecule has 0 radical (unpaired) electrons. The van der Waals surface area contributed by atoms with E-state index in [9.17, 15) is 4.79 Å². The Kier molecular flexibility index (Phi) is 5.05. The molecule has 0 saturated carbocycles. The molecule has 88 valence electrons. The Morgan fingerprint density at radius 2 is 2.41 bits per heavy atom. The second-order valence-corrected chi connectivity index (χ2v) is 3.57. The topological polar surface area (TPSA) is 62.1 Å². The van der Waals surface area contributed by atoms with Gasteiger partial charge in [-0.15, -0.1) is 6.58 Å². The van der Waals surface area contributed by atoms with Gasteiger partial charge in [-0.25, -0.2) is 0 Å². The van der Waals surface area contributed by atoms with E-state index in [-0.39, 0.29) is 12.5 Å². The fourth-order valence-electron chi connectivity index (χ4n) is 1.09. The van der Waals surface area contributed by atoms with Gasteiger partial charge in [-0.05, 0) is 12.1 Å². The number of ether oxygens (including phenoxy) is 1. The third kappa shape index (κ3) is 4.17. The number of nitriles is 1. The fourth-order valence-corrected chi connectivity index (χ4v) is 1.25. The molecular weight excluding hydrogens is 240 g/mol. The van der Waals surface area contributed by atoms with Gasteiger partial charge in [-0.3, -0.25) is 4.79 Å². The average Bonchev–Trinajstić information content (AvgIpc) is 2.34. The van der Waals surface area contributed by atoms with Crippen LogP contribution in [0.3, 0.4) is 0 Å². The smallest absolute Gasteiger partial charge is 0.258 e. The van der Waals surface area contributed by atoms with Gasteiger partial charge >= 0.3 is 0 Å². The number of rotatable bonds is 5. The fraction of sp³-hybridized carbons (Fsp3) is 0.167. The maximum absolute atomic E-state index is 11.3. The Morgan fingerprint density at radius 3 is 3.06 bits per heavy atom. The summed E-state index contributed by atoms with van der Waals surface area (Å²) in [6.45, 7) is 3.69. The average molecular weight is 251 g/mol. The molecule has 0 unspecified atom stereocenters. The van der Waals surface area contributed by atoms with E-state index in [1.165, 1.54) is 6.07 Å². The Labute approximate surface area is 104 Å². The molecule has 0 spiro atoms. The van der Waals surface area contributed by atoms with Crippen molar-refractivity contribution >= 4 is 17.5 Å². The van der Waals surface area contributed by atoms with E-state index in [0.29, 0.717) is 22.9 Å². The van der Waals surface area contributed by atoms with Crippen LogP contribution in [0.2, 0.25) is 5.02 Å². The van der Waals surface area contributed by atoms with Crippen LogP contribution in [-0.2, 0) is 4.79 Å². The maximum Gasteiger partial charge on any atom is 0.258 e. The van der Waals surface area contributed by atoms with Crippen molar-refractivity contribution in [3.63, 3.8) is 0 Å². The van der Waals surface area contributed by atoms with Gasteiger partial charge < -0.3 is 10.1 Å². The van der Waals surface area contributed by atoms with E-state index >= 15 is 0 Å². The first-order valence-corrected chi connectivity index (χ1v) is 5.25. The highest BCUT2D eigenvalue weighted by Gasteiger charge is 2.06. The Balaban J connectivity index is 2.62. The van der Waals surface area contributed by atoms with Crippen LogP contribution in [0.15, 0.2) is 30.9 Å². The number of nitrogens with one attached hydrogen (secondary N) is 1. The molecule has 1 aromatic rings. The number of benzene rings is 1. The van der Waals surface area contributed by atoms with Crippen LogP contribution in [0.5, 0.6) is 5.75 Å². The van der Waals surface area contributed by atoms with Gasteiger partial charge in [-0.1, -0.05) is 17.7 Å². The number of carbonyl (C=O) groups is 1. The molecule has 0 saturated heterocycles. The van der Waals surface area contributed by atoms with Gasteiger partial charge in [0, 0.05) is 17.6 Å². The van der Waals surface area contributed by atoms with Gasteiger partial charge in [0.05, 0.1) is 5.56 Å². The lowest BCUT2D eigenvalue weighted by atomic mass is 10.2. The van der Waals surface area contributed by atoms with Crippen molar-refractivity contribution in [1.29, 1.82) is 5.26 Å². The lowest BCUT2D eigenvalue weighted by Gasteiger charge is -2.07. The number of hydrogen-bond acceptors (Lipinski definition) is 3. The van der Waals surface area contributed by atoms with E-state index in [4.69, 9.17) is 21.6 Å². The van der Waals surface area contributed by atoms with Crippen molar-refractivity contribution in [3.05, 3.63) is 41.4 Å². The minimum absolute atomic E-state index is 0.164.